The van der Waals surface area contributed by atoms with E-state index in [1.54, 1.807) is 12.1 Å². The maximum Gasteiger partial charge on any atom is 0.255 e. The summed E-state index contributed by atoms with van der Waals surface area (Å²) in [6.45, 7) is 5.15. The molecule has 0 spiro atoms. The molecule has 0 atom stereocenters. The largest absolute Gasteiger partial charge is 0.507 e. The number of carbonyl (C=O) groups is 1. The smallest absolute Gasteiger partial charge is 0.255 e. The number of amides is 1. The van der Waals surface area contributed by atoms with Crippen LogP contribution >= 0.6 is 0 Å². The van der Waals surface area contributed by atoms with E-state index < -0.39 is 0 Å². The van der Waals surface area contributed by atoms with E-state index in [0.717, 1.165) is 12.8 Å². The molecule has 0 heterocycles. The molecule has 1 aromatic rings. The summed E-state index contributed by atoms with van der Waals surface area (Å²) >= 11 is 0. The van der Waals surface area contributed by atoms with Crippen LogP contribution in [0.5, 0.6) is 11.5 Å². The fraction of sp³-hybridized carbons (Fsp3) is 0.533. The predicted molar refractivity (Wildman–Crippen MR) is 79.1 cm³/mol. The van der Waals surface area contributed by atoms with E-state index in [-0.39, 0.29) is 22.6 Å². The van der Waals surface area contributed by atoms with Gasteiger partial charge in [-0.05, 0) is 36.9 Å². The zero-order valence-corrected chi connectivity index (χ0v) is 12.4. The first kappa shape index (κ1) is 16.3. The molecule has 1 aromatic carbocycles. The number of nitrogens with one attached hydrogen (secondary N) is 1. The topological polar surface area (TPSA) is 84.6 Å². The van der Waals surface area contributed by atoms with E-state index in [0.29, 0.717) is 18.8 Å². The number of hydrogen-bond acceptors (Lipinski definition) is 4. The Bertz CT molecular complexity index is 448. The summed E-state index contributed by atoms with van der Waals surface area (Å²) in [4.78, 5) is 12.1. The maximum absolute atomic E-state index is 12.1. The van der Waals surface area contributed by atoms with Crippen molar-refractivity contribution in [3.05, 3.63) is 23.8 Å². The van der Waals surface area contributed by atoms with Gasteiger partial charge in [0.15, 0.2) is 0 Å². The lowest BCUT2D eigenvalue weighted by atomic mass is 9.82. The SMILES string of the molecule is CCC(CC)(CN)CNC(=O)c1ccc(OC)cc1O. The van der Waals surface area contributed by atoms with Crippen LogP contribution in [-0.2, 0) is 0 Å². The van der Waals surface area contributed by atoms with Gasteiger partial charge in [0.05, 0.1) is 12.7 Å². The van der Waals surface area contributed by atoms with Crippen LogP contribution in [0.25, 0.3) is 0 Å². The summed E-state index contributed by atoms with van der Waals surface area (Å²) in [5.41, 5.74) is 5.96. The Labute approximate surface area is 120 Å². The highest BCUT2D eigenvalue weighted by molar-refractivity contribution is 5.97. The van der Waals surface area contributed by atoms with Gasteiger partial charge in [-0.15, -0.1) is 0 Å². The quantitative estimate of drug-likeness (QED) is 0.712. The number of phenols is 1. The van der Waals surface area contributed by atoms with E-state index in [2.05, 4.69) is 19.2 Å². The van der Waals surface area contributed by atoms with Crippen LogP contribution < -0.4 is 15.8 Å². The predicted octanol–water partition coefficient (Wildman–Crippen LogP) is 1.90. The summed E-state index contributed by atoms with van der Waals surface area (Å²) < 4.78 is 4.99. The summed E-state index contributed by atoms with van der Waals surface area (Å²) in [5, 5.41) is 12.7. The molecule has 0 unspecified atom stereocenters. The zero-order valence-electron chi connectivity index (χ0n) is 12.4. The lowest BCUT2D eigenvalue weighted by molar-refractivity contribution is 0.0925. The second-order valence-corrected chi connectivity index (χ2v) is 4.98. The third kappa shape index (κ3) is 3.63. The standard InChI is InChI=1S/C15H24N2O3/c1-4-15(5-2,9-16)10-17-14(19)12-7-6-11(20-3)8-13(12)18/h6-8,18H,4-5,9-10,16H2,1-3H3,(H,17,19). The molecule has 0 bridgehead atoms. The zero-order chi connectivity index (χ0) is 15.2. The molecule has 0 saturated heterocycles. The average molecular weight is 280 g/mol. The molecule has 1 amide bonds. The van der Waals surface area contributed by atoms with Gasteiger partial charge < -0.3 is 20.9 Å². The summed E-state index contributed by atoms with van der Waals surface area (Å²) in [6.07, 6.45) is 1.80. The monoisotopic (exact) mass is 280 g/mol. The van der Waals surface area contributed by atoms with Crippen LogP contribution in [0, 0.1) is 5.41 Å². The van der Waals surface area contributed by atoms with Crippen molar-refractivity contribution in [3.8, 4) is 11.5 Å². The number of carbonyl (C=O) groups excluding carboxylic acids is 1. The number of benzene rings is 1. The molecule has 5 heteroatoms. The van der Waals surface area contributed by atoms with Crippen molar-refractivity contribution in [2.75, 3.05) is 20.2 Å². The highest BCUT2D eigenvalue weighted by Crippen LogP contribution is 2.25. The van der Waals surface area contributed by atoms with Gasteiger partial charge in [-0.1, -0.05) is 13.8 Å². The van der Waals surface area contributed by atoms with Gasteiger partial charge >= 0.3 is 0 Å². The Morgan fingerprint density at radius 3 is 2.50 bits per heavy atom. The van der Waals surface area contributed by atoms with E-state index in [1.165, 1.54) is 13.2 Å². The Kier molecular flexibility index (Phi) is 5.82. The molecule has 1 rings (SSSR count). The number of ether oxygens (including phenoxy) is 1. The molecule has 0 radical (unpaired) electrons. The molecule has 0 fully saturated rings. The van der Waals surface area contributed by atoms with E-state index in [9.17, 15) is 9.90 Å². The second kappa shape index (κ2) is 7.14. The summed E-state index contributed by atoms with van der Waals surface area (Å²) in [5.74, 6) is 0.121. The average Bonchev–Trinajstić information content (AvgIpc) is 2.48. The van der Waals surface area contributed by atoms with Gasteiger partial charge in [0, 0.05) is 12.6 Å². The molecule has 0 aliphatic rings. The first-order chi connectivity index (χ1) is 9.51. The normalized spacial score (nSPS) is 11.2. The molecular formula is C15H24N2O3. The molecule has 20 heavy (non-hydrogen) atoms. The van der Waals surface area contributed by atoms with Gasteiger partial charge in [0.2, 0.25) is 0 Å². The fourth-order valence-electron chi connectivity index (χ4n) is 2.05. The third-order valence-electron chi connectivity index (χ3n) is 4.01. The van der Waals surface area contributed by atoms with Crippen molar-refractivity contribution >= 4 is 5.91 Å². The van der Waals surface area contributed by atoms with Crippen molar-refractivity contribution in [2.24, 2.45) is 11.1 Å². The van der Waals surface area contributed by atoms with Gasteiger partial charge in [-0.3, -0.25) is 4.79 Å². The van der Waals surface area contributed by atoms with Gasteiger partial charge in [-0.25, -0.2) is 0 Å². The molecule has 112 valence electrons. The number of hydrogen-bond donors (Lipinski definition) is 3. The molecule has 5 nitrogen and oxygen atoms in total. The molecular weight excluding hydrogens is 256 g/mol. The summed E-state index contributed by atoms with van der Waals surface area (Å²) in [6, 6.07) is 4.61. The Morgan fingerprint density at radius 1 is 1.40 bits per heavy atom. The molecule has 0 aliphatic heterocycles. The van der Waals surface area contributed by atoms with Crippen molar-refractivity contribution in [1.29, 1.82) is 0 Å². The molecule has 0 aromatic heterocycles. The minimum atomic E-state index is -0.301. The van der Waals surface area contributed by atoms with Crippen LogP contribution in [0.1, 0.15) is 37.0 Å². The van der Waals surface area contributed by atoms with E-state index in [1.807, 2.05) is 0 Å². The van der Waals surface area contributed by atoms with Crippen LogP contribution in [0.15, 0.2) is 18.2 Å². The number of phenolic OH excluding ortho intramolecular Hbond substituents is 1. The van der Waals surface area contributed by atoms with E-state index in [4.69, 9.17) is 10.5 Å². The van der Waals surface area contributed by atoms with Gasteiger partial charge in [0.25, 0.3) is 5.91 Å². The third-order valence-corrected chi connectivity index (χ3v) is 4.01. The van der Waals surface area contributed by atoms with Gasteiger partial charge in [-0.2, -0.15) is 0 Å². The summed E-state index contributed by atoms with van der Waals surface area (Å²) in [7, 11) is 1.51. The fourth-order valence-corrected chi connectivity index (χ4v) is 2.05. The Balaban J connectivity index is 2.77. The van der Waals surface area contributed by atoms with Crippen LogP contribution in [0.4, 0.5) is 0 Å². The molecule has 4 N–H and O–H groups in total. The van der Waals surface area contributed by atoms with Crippen LogP contribution in [0.2, 0.25) is 0 Å². The highest BCUT2D eigenvalue weighted by Gasteiger charge is 2.25. The van der Waals surface area contributed by atoms with Crippen molar-refractivity contribution in [2.45, 2.75) is 26.7 Å². The van der Waals surface area contributed by atoms with Crippen LogP contribution in [0.3, 0.4) is 0 Å². The van der Waals surface area contributed by atoms with Crippen molar-refractivity contribution in [3.63, 3.8) is 0 Å². The lowest BCUT2D eigenvalue weighted by Crippen LogP contribution is -2.41. The van der Waals surface area contributed by atoms with Crippen molar-refractivity contribution in [1.82, 2.24) is 5.32 Å². The Morgan fingerprint density at radius 2 is 2.05 bits per heavy atom. The first-order valence-corrected chi connectivity index (χ1v) is 6.87. The second-order valence-electron chi connectivity index (χ2n) is 4.98. The number of methoxy groups -OCH3 is 1. The molecule has 0 saturated carbocycles. The minimum absolute atomic E-state index is 0.0856. The van der Waals surface area contributed by atoms with Crippen LogP contribution in [-0.4, -0.2) is 31.2 Å². The molecule has 0 aliphatic carbocycles. The van der Waals surface area contributed by atoms with E-state index >= 15 is 0 Å². The minimum Gasteiger partial charge on any atom is -0.507 e. The number of rotatable bonds is 7. The lowest BCUT2D eigenvalue weighted by Gasteiger charge is -2.30. The van der Waals surface area contributed by atoms with Crippen molar-refractivity contribution < 1.29 is 14.6 Å². The highest BCUT2D eigenvalue weighted by atomic mass is 16.5. The maximum atomic E-state index is 12.1. The van der Waals surface area contributed by atoms with Gasteiger partial charge in [0.1, 0.15) is 11.5 Å². The Hall–Kier alpha value is -1.75. The number of aromatic hydroxyl groups is 1. The number of nitrogens with two attached hydrogens (primary N) is 1. The first-order valence-electron chi connectivity index (χ1n) is 6.87.